The first-order valence-electron chi connectivity index (χ1n) is 7.86. The van der Waals surface area contributed by atoms with Gasteiger partial charge in [-0.25, -0.2) is 9.18 Å². The molecule has 2 aromatic carbocycles. The Morgan fingerprint density at radius 3 is 2.42 bits per heavy atom. The number of anilines is 1. The van der Waals surface area contributed by atoms with Gasteiger partial charge in [-0.15, -0.1) is 0 Å². The fourth-order valence-corrected chi connectivity index (χ4v) is 2.85. The minimum atomic E-state index is -4.40. The molecule has 0 aromatic heterocycles. The van der Waals surface area contributed by atoms with Crippen molar-refractivity contribution in [1.82, 2.24) is 0 Å². The fraction of sp³-hybridized carbons (Fsp3) is 0.278. The minimum Gasteiger partial charge on any atom is -0.489 e. The number of rotatable bonds is 4. The molecule has 1 unspecified atom stereocenters. The first kappa shape index (κ1) is 18.0. The number of carboxylic acids is 1. The molecule has 3 rings (SSSR count). The minimum absolute atomic E-state index is 0.136. The fourth-order valence-electron chi connectivity index (χ4n) is 2.85. The quantitative estimate of drug-likeness (QED) is 0.821. The average Bonchev–Trinajstić information content (AvgIpc) is 3.02. The largest absolute Gasteiger partial charge is 0.489 e. The summed E-state index contributed by atoms with van der Waals surface area (Å²) in [5, 5.41) is 8.87. The maximum Gasteiger partial charge on any atom is 0.416 e. The van der Waals surface area contributed by atoms with Crippen molar-refractivity contribution in [2.45, 2.75) is 18.7 Å². The van der Waals surface area contributed by atoms with Crippen LogP contribution in [0.15, 0.2) is 42.5 Å². The molecule has 1 saturated heterocycles. The Hall–Kier alpha value is -2.77. The second-order valence-electron chi connectivity index (χ2n) is 5.97. The van der Waals surface area contributed by atoms with Crippen LogP contribution in [0.25, 0.3) is 0 Å². The van der Waals surface area contributed by atoms with Crippen LogP contribution in [0, 0.1) is 5.82 Å². The van der Waals surface area contributed by atoms with Gasteiger partial charge in [0.15, 0.2) is 0 Å². The van der Waals surface area contributed by atoms with E-state index < -0.39 is 23.5 Å². The summed E-state index contributed by atoms with van der Waals surface area (Å²) in [6, 6.07) is 8.10. The summed E-state index contributed by atoms with van der Waals surface area (Å²) in [6.45, 7) is 0.846. The highest BCUT2D eigenvalue weighted by atomic mass is 19.4. The van der Waals surface area contributed by atoms with E-state index in [-0.39, 0.29) is 17.4 Å². The normalized spacial score (nSPS) is 17.4. The second kappa shape index (κ2) is 6.86. The van der Waals surface area contributed by atoms with E-state index in [9.17, 15) is 22.4 Å². The van der Waals surface area contributed by atoms with Gasteiger partial charge in [0.1, 0.15) is 17.7 Å². The number of halogens is 4. The zero-order valence-electron chi connectivity index (χ0n) is 13.5. The highest BCUT2D eigenvalue weighted by Crippen LogP contribution is 2.31. The molecule has 138 valence electrons. The Labute approximate surface area is 146 Å². The number of carbonyl (C=O) groups is 1. The lowest BCUT2D eigenvalue weighted by atomic mass is 10.2. The Balaban J connectivity index is 1.65. The Morgan fingerprint density at radius 2 is 1.85 bits per heavy atom. The van der Waals surface area contributed by atoms with Crippen LogP contribution in [0.3, 0.4) is 0 Å². The molecule has 0 saturated carbocycles. The van der Waals surface area contributed by atoms with Crippen molar-refractivity contribution in [3.8, 4) is 5.75 Å². The summed E-state index contributed by atoms with van der Waals surface area (Å²) in [5.41, 5.74) is -0.616. The second-order valence-corrected chi connectivity index (χ2v) is 5.97. The summed E-state index contributed by atoms with van der Waals surface area (Å²) < 4.78 is 57.5. The summed E-state index contributed by atoms with van der Waals surface area (Å²) in [4.78, 5) is 12.6. The van der Waals surface area contributed by atoms with Gasteiger partial charge in [-0.2, -0.15) is 13.2 Å². The molecule has 0 aliphatic carbocycles. The molecule has 26 heavy (non-hydrogen) atoms. The first-order valence-corrected chi connectivity index (χ1v) is 7.86. The Morgan fingerprint density at radius 1 is 1.15 bits per heavy atom. The van der Waals surface area contributed by atoms with Gasteiger partial charge >= 0.3 is 12.1 Å². The van der Waals surface area contributed by atoms with E-state index in [2.05, 4.69) is 0 Å². The molecule has 0 bridgehead atoms. The number of nitrogens with zero attached hydrogens (tertiary/aromatic N) is 1. The summed E-state index contributed by atoms with van der Waals surface area (Å²) in [5.74, 6) is -1.54. The van der Waals surface area contributed by atoms with Gasteiger partial charge in [-0.3, -0.25) is 0 Å². The van der Waals surface area contributed by atoms with Crippen LogP contribution in [0.1, 0.15) is 22.3 Å². The third-order valence-electron chi connectivity index (χ3n) is 4.16. The van der Waals surface area contributed by atoms with Crippen molar-refractivity contribution < 1.29 is 32.2 Å². The van der Waals surface area contributed by atoms with Crippen LogP contribution in [0.5, 0.6) is 5.75 Å². The third-order valence-corrected chi connectivity index (χ3v) is 4.16. The van der Waals surface area contributed by atoms with Gasteiger partial charge < -0.3 is 14.7 Å². The lowest BCUT2D eigenvalue weighted by molar-refractivity contribution is -0.137. The number of alkyl halides is 3. The van der Waals surface area contributed by atoms with Crippen LogP contribution < -0.4 is 9.64 Å². The van der Waals surface area contributed by atoms with Crippen molar-refractivity contribution in [1.29, 1.82) is 0 Å². The lowest BCUT2D eigenvalue weighted by Gasteiger charge is -2.20. The lowest BCUT2D eigenvalue weighted by Crippen LogP contribution is -2.25. The summed E-state index contributed by atoms with van der Waals surface area (Å²) in [7, 11) is 0. The van der Waals surface area contributed by atoms with Gasteiger partial charge in [0.2, 0.25) is 0 Å². The molecule has 1 N–H and O–H groups in total. The number of ether oxygens (including phenoxy) is 1. The van der Waals surface area contributed by atoms with Crippen molar-refractivity contribution in [3.05, 3.63) is 59.4 Å². The van der Waals surface area contributed by atoms with Gasteiger partial charge in [0, 0.05) is 13.0 Å². The van der Waals surface area contributed by atoms with Gasteiger partial charge in [-0.1, -0.05) is 0 Å². The number of benzene rings is 2. The molecule has 0 radical (unpaired) electrons. The molecule has 8 heteroatoms. The Bertz CT molecular complexity index is 805. The van der Waals surface area contributed by atoms with E-state index in [1.807, 2.05) is 0 Å². The number of aromatic carboxylic acids is 1. The van der Waals surface area contributed by atoms with Crippen LogP contribution in [0.4, 0.5) is 23.2 Å². The van der Waals surface area contributed by atoms with Gasteiger partial charge in [0.05, 0.1) is 23.4 Å². The van der Waals surface area contributed by atoms with Crippen LogP contribution in [-0.2, 0) is 6.18 Å². The maximum atomic E-state index is 14.1. The molecule has 1 atom stereocenters. The molecule has 1 heterocycles. The predicted molar refractivity (Wildman–Crippen MR) is 86.0 cm³/mol. The van der Waals surface area contributed by atoms with E-state index in [1.54, 1.807) is 4.90 Å². The maximum absolute atomic E-state index is 14.1. The third kappa shape index (κ3) is 3.89. The van der Waals surface area contributed by atoms with Crippen LogP contribution >= 0.6 is 0 Å². The molecular formula is C18H15F4NO3. The standard InChI is InChI=1S/C18H15F4NO3/c19-15-9-11(17(24)25)1-6-16(15)23-8-7-14(10-23)26-13-4-2-12(3-5-13)18(20,21)22/h1-6,9,14H,7-8,10H2,(H,24,25). The van der Waals surface area contributed by atoms with E-state index in [1.165, 1.54) is 24.3 Å². The molecule has 0 spiro atoms. The molecule has 0 amide bonds. The van der Waals surface area contributed by atoms with Crippen molar-refractivity contribution >= 4 is 11.7 Å². The molecule has 2 aromatic rings. The zero-order chi connectivity index (χ0) is 18.9. The molecule has 1 aliphatic heterocycles. The highest BCUT2D eigenvalue weighted by Gasteiger charge is 2.30. The first-order chi connectivity index (χ1) is 12.2. The molecular weight excluding hydrogens is 354 g/mol. The monoisotopic (exact) mass is 369 g/mol. The highest BCUT2D eigenvalue weighted by molar-refractivity contribution is 5.88. The van der Waals surface area contributed by atoms with E-state index in [4.69, 9.17) is 9.84 Å². The van der Waals surface area contributed by atoms with Crippen molar-refractivity contribution in [3.63, 3.8) is 0 Å². The van der Waals surface area contributed by atoms with Gasteiger partial charge in [-0.05, 0) is 42.5 Å². The van der Waals surface area contributed by atoms with Crippen molar-refractivity contribution in [2.75, 3.05) is 18.0 Å². The Kier molecular flexibility index (Phi) is 4.76. The summed E-state index contributed by atoms with van der Waals surface area (Å²) >= 11 is 0. The van der Waals surface area contributed by atoms with Gasteiger partial charge in [0.25, 0.3) is 0 Å². The number of carboxylic acid groups (broad SMARTS) is 1. The average molecular weight is 369 g/mol. The predicted octanol–water partition coefficient (Wildman–Crippen LogP) is 4.20. The zero-order valence-corrected chi connectivity index (χ0v) is 13.5. The number of hydrogen-bond donors (Lipinski definition) is 1. The topological polar surface area (TPSA) is 49.8 Å². The smallest absolute Gasteiger partial charge is 0.416 e. The van der Waals surface area contributed by atoms with E-state index in [0.29, 0.717) is 25.3 Å². The van der Waals surface area contributed by atoms with E-state index in [0.717, 1.165) is 18.2 Å². The molecule has 1 aliphatic rings. The van der Waals surface area contributed by atoms with Crippen molar-refractivity contribution in [2.24, 2.45) is 0 Å². The molecule has 4 nitrogen and oxygen atoms in total. The van der Waals surface area contributed by atoms with E-state index >= 15 is 0 Å². The summed E-state index contributed by atoms with van der Waals surface area (Å²) in [6.07, 6.45) is -4.13. The number of hydrogen-bond acceptors (Lipinski definition) is 3. The SMILES string of the molecule is O=C(O)c1ccc(N2CCC(Oc3ccc(C(F)(F)F)cc3)C2)c(F)c1. The molecule has 1 fully saturated rings. The van der Waals surface area contributed by atoms with Crippen LogP contribution in [-0.4, -0.2) is 30.3 Å². The van der Waals surface area contributed by atoms with Crippen LogP contribution in [0.2, 0.25) is 0 Å².